The van der Waals surface area contributed by atoms with Crippen molar-refractivity contribution in [1.82, 2.24) is 4.90 Å². The Morgan fingerprint density at radius 3 is 2.59 bits per heavy atom. The van der Waals surface area contributed by atoms with Crippen LogP contribution >= 0.6 is 11.8 Å². The quantitative estimate of drug-likeness (QED) is 0.175. The van der Waals surface area contributed by atoms with Gasteiger partial charge in [0.25, 0.3) is 0 Å². The third-order valence-electron chi connectivity index (χ3n) is 4.60. The number of thioether (sulfide) groups is 1. The lowest BCUT2D eigenvalue weighted by atomic mass is 10.0. The summed E-state index contributed by atoms with van der Waals surface area (Å²) >= 11 is 1.31. The Bertz CT molecular complexity index is 855. The SMILES string of the molecule is CS[C@@H]1[C@@H](N=[N+]=[N-])C(=O)N1C(C(=O)OCc1ccccc1)=C1COC(C)(C)OC1. The van der Waals surface area contributed by atoms with Crippen LogP contribution in [0.25, 0.3) is 10.4 Å². The number of hydrogen-bond donors (Lipinski definition) is 0. The molecule has 0 N–H and O–H groups in total. The molecule has 3 rings (SSSR count). The maximum Gasteiger partial charge on any atom is 0.355 e. The Balaban J connectivity index is 1.87. The Kier molecular flexibility index (Phi) is 6.49. The number of benzene rings is 1. The number of hydrogen-bond acceptors (Lipinski definition) is 7. The lowest BCUT2D eigenvalue weighted by molar-refractivity contribution is -0.226. The number of carbonyl (C=O) groups excluding carboxylic acids is 2. The molecular weight excluding hydrogens is 396 g/mol. The van der Waals surface area contributed by atoms with Gasteiger partial charge in [-0.3, -0.25) is 9.69 Å². The normalized spacial score (nSPS) is 23.1. The van der Waals surface area contributed by atoms with E-state index >= 15 is 0 Å². The molecule has 0 unspecified atom stereocenters. The second-order valence-corrected chi connectivity index (χ2v) is 7.93. The summed E-state index contributed by atoms with van der Waals surface area (Å²) in [7, 11) is 0. The first kappa shape index (κ1) is 21.2. The van der Waals surface area contributed by atoms with E-state index in [1.165, 1.54) is 16.7 Å². The number of azide groups is 1. The number of carbonyl (C=O) groups is 2. The van der Waals surface area contributed by atoms with Crippen molar-refractivity contribution in [2.24, 2.45) is 5.11 Å². The summed E-state index contributed by atoms with van der Waals surface area (Å²) < 4.78 is 16.8. The van der Waals surface area contributed by atoms with Crippen LogP contribution in [0.5, 0.6) is 0 Å². The average molecular weight is 418 g/mol. The van der Waals surface area contributed by atoms with Crippen LogP contribution in [0.2, 0.25) is 0 Å². The van der Waals surface area contributed by atoms with E-state index in [2.05, 4.69) is 10.0 Å². The molecule has 0 radical (unpaired) electrons. The van der Waals surface area contributed by atoms with Gasteiger partial charge in [-0.1, -0.05) is 35.4 Å². The fraction of sp³-hybridized carbons (Fsp3) is 0.474. The monoisotopic (exact) mass is 418 g/mol. The maximum absolute atomic E-state index is 13.0. The third-order valence-corrected chi connectivity index (χ3v) is 5.55. The van der Waals surface area contributed by atoms with Gasteiger partial charge in [0.15, 0.2) is 5.79 Å². The van der Waals surface area contributed by atoms with Gasteiger partial charge in [0.2, 0.25) is 5.91 Å². The molecule has 9 nitrogen and oxygen atoms in total. The molecule has 29 heavy (non-hydrogen) atoms. The highest BCUT2D eigenvalue weighted by atomic mass is 32.2. The summed E-state index contributed by atoms with van der Waals surface area (Å²) in [5, 5.41) is 3.05. The molecule has 0 spiro atoms. The van der Waals surface area contributed by atoms with Crippen molar-refractivity contribution in [1.29, 1.82) is 0 Å². The van der Waals surface area contributed by atoms with Gasteiger partial charge in [0, 0.05) is 10.5 Å². The summed E-state index contributed by atoms with van der Waals surface area (Å²) in [6.45, 7) is 3.86. The summed E-state index contributed by atoms with van der Waals surface area (Å²) in [5.74, 6) is -1.89. The van der Waals surface area contributed by atoms with E-state index < -0.39 is 29.1 Å². The number of esters is 1. The molecule has 0 saturated carbocycles. The largest absolute Gasteiger partial charge is 0.456 e. The highest BCUT2D eigenvalue weighted by molar-refractivity contribution is 7.99. The zero-order chi connectivity index (χ0) is 21.0. The van der Waals surface area contributed by atoms with Gasteiger partial charge < -0.3 is 14.2 Å². The third kappa shape index (κ3) is 4.56. The molecule has 10 heteroatoms. The standard InChI is InChI=1S/C19H22N4O5S/c1-19(2)27-10-13(11-28-19)15(18(25)26-9-12-7-5-4-6-8-12)23-16(24)14(21-22-20)17(23)29-3/h4-8,14,17H,9-11H2,1-3H3/t14-,17+/m0/s1. The van der Waals surface area contributed by atoms with Crippen LogP contribution in [-0.2, 0) is 30.4 Å². The highest BCUT2D eigenvalue weighted by Crippen LogP contribution is 2.37. The van der Waals surface area contributed by atoms with Crippen LogP contribution in [0.1, 0.15) is 19.4 Å². The Morgan fingerprint density at radius 2 is 2.00 bits per heavy atom. The minimum Gasteiger partial charge on any atom is -0.456 e. The molecule has 2 fully saturated rings. The van der Waals surface area contributed by atoms with Crippen molar-refractivity contribution in [3.8, 4) is 0 Å². The molecule has 0 aliphatic carbocycles. The van der Waals surface area contributed by atoms with Crippen LogP contribution < -0.4 is 0 Å². The van der Waals surface area contributed by atoms with E-state index in [1.807, 2.05) is 30.3 Å². The molecule has 2 saturated heterocycles. The molecule has 2 aliphatic heterocycles. The van der Waals surface area contributed by atoms with Gasteiger partial charge in [-0.15, -0.1) is 11.8 Å². The van der Waals surface area contributed by atoms with E-state index in [4.69, 9.17) is 19.7 Å². The predicted molar refractivity (Wildman–Crippen MR) is 106 cm³/mol. The zero-order valence-corrected chi connectivity index (χ0v) is 17.2. The molecule has 0 bridgehead atoms. The lowest BCUT2D eigenvalue weighted by Gasteiger charge is -2.45. The molecule has 1 amide bonds. The number of likely N-dealkylation sites (tertiary alicyclic amines) is 1. The van der Waals surface area contributed by atoms with E-state index in [-0.39, 0.29) is 25.5 Å². The van der Waals surface area contributed by atoms with E-state index in [1.54, 1.807) is 20.1 Å². The molecule has 2 heterocycles. The number of amides is 1. The van der Waals surface area contributed by atoms with Crippen LogP contribution in [-0.4, -0.2) is 53.4 Å². The zero-order valence-electron chi connectivity index (χ0n) is 16.4. The molecule has 154 valence electrons. The van der Waals surface area contributed by atoms with Crippen molar-refractivity contribution >= 4 is 23.6 Å². The van der Waals surface area contributed by atoms with Crippen molar-refractivity contribution in [2.45, 2.75) is 37.7 Å². The first-order valence-electron chi connectivity index (χ1n) is 8.99. The van der Waals surface area contributed by atoms with E-state index in [9.17, 15) is 9.59 Å². The summed E-state index contributed by atoms with van der Waals surface area (Å²) in [6.07, 6.45) is 1.78. The molecule has 1 aromatic carbocycles. The van der Waals surface area contributed by atoms with Crippen molar-refractivity contribution in [2.75, 3.05) is 19.5 Å². The topological polar surface area (TPSA) is 114 Å². The first-order valence-corrected chi connectivity index (χ1v) is 10.3. The fourth-order valence-corrected chi connectivity index (χ4v) is 3.88. The maximum atomic E-state index is 13.0. The predicted octanol–water partition coefficient (Wildman–Crippen LogP) is 2.98. The van der Waals surface area contributed by atoms with Crippen molar-refractivity contribution < 1.29 is 23.8 Å². The van der Waals surface area contributed by atoms with Crippen LogP contribution in [0.4, 0.5) is 0 Å². The van der Waals surface area contributed by atoms with E-state index in [0.29, 0.717) is 5.57 Å². The van der Waals surface area contributed by atoms with Crippen LogP contribution in [0, 0.1) is 0 Å². The first-order chi connectivity index (χ1) is 13.9. The average Bonchev–Trinajstić information content (AvgIpc) is 2.72. The Labute approximate surface area is 172 Å². The van der Waals surface area contributed by atoms with Gasteiger partial charge in [0.1, 0.15) is 23.7 Å². The molecule has 2 atom stereocenters. The molecule has 0 aromatic heterocycles. The van der Waals surface area contributed by atoms with Crippen LogP contribution in [0.3, 0.4) is 0 Å². The summed E-state index contributed by atoms with van der Waals surface area (Å²) in [6, 6.07) is 8.38. The Hall–Kier alpha value is -2.52. The highest BCUT2D eigenvalue weighted by Gasteiger charge is 2.51. The summed E-state index contributed by atoms with van der Waals surface area (Å²) in [5.41, 5.74) is 10.1. The van der Waals surface area contributed by atoms with Crippen molar-refractivity contribution in [3.63, 3.8) is 0 Å². The van der Waals surface area contributed by atoms with Gasteiger partial charge in [-0.2, -0.15) is 0 Å². The number of nitrogens with zero attached hydrogens (tertiary/aromatic N) is 4. The molecule has 2 aliphatic rings. The lowest BCUT2D eigenvalue weighted by Crippen LogP contribution is -2.62. The smallest absolute Gasteiger partial charge is 0.355 e. The number of rotatable bonds is 6. The molecular formula is C19H22N4O5S. The van der Waals surface area contributed by atoms with Crippen LogP contribution in [0.15, 0.2) is 46.7 Å². The second kappa shape index (κ2) is 8.87. The Morgan fingerprint density at radius 1 is 1.34 bits per heavy atom. The number of ether oxygens (including phenoxy) is 3. The van der Waals surface area contributed by atoms with E-state index in [0.717, 1.165) is 5.56 Å². The van der Waals surface area contributed by atoms with Crippen molar-refractivity contribution in [3.05, 3.63) is 57.6 Å². The fourth-order valence-electron chi connectivity index (χ4n) is 3.03. The minimum atomic E-state index is -0.866. The minimum absolute atomic E-state index is 0.0649. The molecule has 1 aromatic rings. The van der Waals surface area contributed by atoms with Gasteiger partial charge in [-0.05, 0) is 31.2 Å². The van der Waals surface area contributed by atoms with Gasteiger partial charge in [-0.25, -0.2) is 4.79 Å². The van der Waals surface area contributed by atoms with Gasteiger partial charge >= 0.3 is 5.97 Å². The number of β-lactam (4-membered cyclic amide) rings is 1. The van der Waals surface area contributed by atoms with Gasteiger partial charge in [0.05, 0.1) is 13.2 Å². The summed E-state index contributed by atoms with van der Waals surface area (Å²) in [4.78, 5) is 29.7. The second-order valence-electron chi connectivity index (χ2n) is 6.98.